The molecule has 1 aliphatic heterocycles. The molecule has 1 aromatic rings. The first kappa shape index (κ1) is 11.1. The Morgan fingerprint density at radius 1 is 1.62 bits per heavy atom. The molecule has 0 radical (unpaired) electrons. The van der Waals surface area contributed by atoms with Gasteiger partial charge in [-0.2, -0.15) is 5.10 Å². The zero-order chi connectivity index (χ0) is 11.4. The van der Waals surface area contributed by atoms with Gasteiger partial charge in [0.2, 0.25) is 5.91 Å². The number of rotatable bonds is 3. The van der Waals surface area contributed by atoms with Crippen LogP contribution in [0.3, 0.4) is 0 Å². The van der Waals surface area contributed by atoms with Gasteiger partial charge in [0.05, 0.1) is 12.6 Å². The fourth-order valence-corrected chi connectivity index (χ4v) is 1.94. The van der Waals surface area contributed by atoms with E-state index in [4.69, 9.17) is 0 Å². The van der Waals surface area contributed by atoms with E-state index in [-0.39, 0.29) is 11.9 Å². The van der Waals surface area contributed by atoms with E-state index in [0.717, 1.165) is 25.8 Å². The second-order valence-corrected chi connectivity index (χ2v) is 4.13. The average Bonchev–Trinajstić information content (AvgIpc) is 2.82. The summed E-state index contributed by atoms with van der Waals surface area (Å²) in [4.78, 5) is 17.7. The zero-order valence-electron chi connectivity index (χ0n) is 9.44. The van der Waals surface area contributed by atoms with Gasteiger partial charge in [0.15, 0.2) is 0 Å². The van der Waals surface area contributed by atoms with Crippen molar-refractivity contribution in [1.29, 1.82) is 0 Å². The number of hydrogen-bond donors (Lipinski definition) is 2. The van der Waals surface area contributed by atoms with Gasteiger partial charge in [0, 0.05) is 7.05 Å². The van der Waals surface area contributed by atoms with Crippen molar-refractivity contribution in [2.45, 2.75) is 31.8 Å². The zero-order valence-corrected chi connectivity index (χ0v) is 9.44. The van der Waals surface area contributed by atoms with Gasteiger partial charge >= 0.3 is 0 Å². The third kappa shape index (κ3) is 2.57. The molecular weight excluding hydrogens is 206 g/mol. The molecule has 1 aromatic heterocycles. The summed E-state index contributed by atoms with van der Waals surface area (Å²) in [6, 6.07) is -0.0262. The summed E-state index contributed by atoms with van der Waals surface area (Å²) in [6.45, 7) is 1.42. The standard InChI is InChI=1S/C10H17N5O/c1-15(6-9-12-7-13-14-9)10(16)8-4-2-3-5-11-8/h7-8,11H,2-6H2,1H3,(H,12,13,14)/t8-/m0/s1. The summed E-state index contributed by atoms with van der Waals surface area (Å²) >= 11 is 0. The maximum absolute atomic E-state index is 12.0. The molecule has 1 aliphatic rings. The summed E-state index contributed by atoms with van der Waals surface area (Å²) in [7, 11) is 1.79. The van der Waals surface area contributed by atoms with Crippen molar-refractivity contribution < 1.29 is 4.79 Å². The van der Waals surface area contributed by atoms with Crippen LogP contribution in [0.1, 0.15) is 25.1 Å². The minimum Gasteiger partial charge on any atom is -0.337 e. The van der Waals surface area contributed by atoms with Crippen LogP contribution >= 0.6 is 0 Å². The van der Waals surface area contributed by atoms with Gasteiger partial charge < -0.3 is 10.2 Å². The Kier molecular flexibility index (Phi) is 3.51. The molecule has 2 rings (SSSR count). The number of likely N-dealkylation sites (N-methyl/N-ethyl adjacent to an activating group) is 1. The molecule has 0 bridgehead atoms. The number of aromatic amines is 1. The molecule has 2 N–H and O–H groups in total. The Bertz CT molecular complexity index is 331. The van der Waals surface area contributed by atoms with E-state index in [1.807, 2.05) is 0 Å². The quantitative estimate of drug-likeness (QED) is 0.750. The number of hydrogen-bond acceptors (Lipinski definition) is 4. The molecule has 2 heterocycles. The molecule has 0 saturated carbocycles. The highest BCUT2D eigenvalue weighted by molar-refractivity contribution is 5.81. The van der Waals surface area contributed by atoms with Crippen LogP contribution in [-0.2, 0) is 11.3 Å². The summed E-state index contributed by atoms with van der Waals surface area (Å²) in [5.41, 5.74) is 0. The molecule has 6 heteroatoms. The fraction of sp³-hybridized carbons (Fsp3) is 0.700. The van der Waals surface area contributed by atoms with E-state index in [0.29, 0.717) is 12.4 Å². The summed E-state index contributed by atoms with van der Waals surface area (Å²) < 4.78 is 0. The highest BCUT2D eigenvalue weighted by atomic mass is 16.2. The normalized spacial score (nSPS) is 20.7. The maximum Gasteiger partial charge on any atom is 0.239 e. The number of nitrogens with zero attached hydrogens (tertiary/aromatic N) is 3. The first-order valence-corrected chi connectivity index (χ1v) is 5.60. The number of amides is 1. The molecule has 1 amide bonds. The van der Waals surface area contributed by atoms with Crippen molar-refractivity contribution in [2.24, 2.45) is 0 Å². The topological polar surface area (TPSA) is 73.9 Å². The Balaban J connectivity index is 1.88. The van der Waals surface area contributed by atoms with Gasteiger partial charge in [-0.15, -0.1) is 0 Å². The van der Waals surface area contributed by atoms with Crippen molar-refractivity contribution in [2.75, 3.05) is 13.6 Å². The molecule has 0 aliphatic carbocycles. The monoisotopic (exact) mass is 223 g/mol. The molecule has 88 valence electrons. The summed E-state index contributed by atoms with van der Waals surface area (Å²) in [6.07, 6.45) is 4.67. The predicted molar refractivity (Wildman–Crippen MR) is 58.5 cm³/mol. The van der Waals surface area contributed by atoms with Gasteiger partial charge in [-0.3, -0.25) is 9.89 Å². The molecule has 1 atom stereocenters. The lowest BCUT2D eigenvalue weighted by molar-refractivity contribution is -0.133. The second kappa shape index (κ2) is 5.07. The molecule has 0 spiro atoms. The molecule has 16 heavy (non-hydrogen) atoms. The van der Waals surface area contributed by atoms with Crippen LogP contribution in [-0.4, -0.2) is 45.6 Å². The van der Waals surface area contributed by atoms with Gasteiger partial charge in [0.1, 0.15) is 12.2 Å². The van der Waals surface area contributed by atoms with E-state index in [9.17, 15) is 4.79 Å². The lowest BCUT2D eigenvalue weighted by atomic mass is 10.0. The van der Waals surface area contributed by atoms with E-state index in [1.165, 1.54) is 6.33 Å². The lowest BCUT2D eigenvalue weighted by Gasteiger charge is -2.26. The number of carbonyl (C=O) groups excluding carboxylic acids is 1. The number of carbonyl (C=O) groups is 1. The smallest absolute Gasteiger partial charge is 0.239 e. The minimum atomic E-state index is -0.0262. The Morgan fingerprint density at radius 3 is 3.12 bits per heavy atom. The van der Waals surface area contributed by atoms with Gasteiger partial charge in [0.25, 0.3) is 0 Å². The van der Waals surface area contributed by atoms with Crippen molar-refractivity contribution >= 4 is 5.91 Å². The van der Waals surface area contributed by atoms with E-state index in [2.05, 4.69) is 20.5 Å². The highest BCUT2D eigenvalue weighted by Crippen LogP contribution is 2.10. The molecular formula is C10H17N5O. The number of H-pyrrole nitrogens is 1. The third-order valence-corrected chi connectivity index (χ3v) is 2.84. The Morgan fingerprint density at radius 2 is 2.50 bits per heavy atom. The third-order valence-electron chi connectivity index (χ3n) is 2.84. The summed E-state index contributed by atoms with van der Waals surface area (Å²) in [5, 5.41) is 9.75. The molecule has 1 fully saturated rings. The molecule has 0 aromatic carbocycles. The van der Waals surface area contributed by atoms with Crippen molar-refractivity contribution in [3.63, 3.8) is 0 Å². The molecule has 1 saturated heterocycles. The van der Waals surface area contributed by atoms with Crippen LogP contribution in [0.2, 0.25) is 0 Å². The number of nitrogens with one attached hydrogen (secondary N) is 2. The minimum absolute atomic E-state index is 0.0262. The Labute approximate surface area is 94.4 Å². The number of aromatic nitrogens is 3. The van der Waals surface area contributed by atoms with Crippen LogP contribution in [0.15, 0.2) is 6.33 Å². The van der Waals surface area contributed by atoms with Gasteiger partial charge in [-0.05, 0) is 19.4 Å². The van der Waals surface area contributed by atoms with E-state index in [1.54, 1.807) is 11.9 Å². The SMILES string of the molecule is CN(Cc1ncn[nH]1)C(=O)[C@@H]1CCCCN1. The number of piperidine rings is 1. The van der Waals surface area contributed by atoms with Crippen LogP contribution in [0, 0.1) is 0 Å². The summed E-state index contributed by atoms with van der Waals surface area (Å²) in [5.74, 6) is 0.850. The van der Waals surface area contributed by atoms with E-state index < -0.39 is 0 Å². The van der Waals surface area contributed by atoms with Gasteiger partial charge in [-0.1, -0.05) is 6.42 Å². The second-order valence-electron chi connectivity index (χ2n) is 4.13. The molecule has 0 unspecified atom stereocenters. The predicted octanol–water partition coefficient (Wildman–Crippen LogP) is -0.0948. The lowest BCUT2D eigenvalue weighted by Crippen LogP contribution is -2.47. The van der Waals surface area contributed by atoms with Crippen LogP contribution in [0.4, 0.5) is 0 Å². The molecule has 6 nitrogen and oxygen atoms in total. The fourth-order valence-electron chi connectivity index (χ4n) is 1.94. The van der Waals surface area contributed by atoms with E-state index >= 15 is 0 Å². The largest absolute Gasteiger partial charge is 0.337 e. The van der Waals surface area contributed by atoms with Crippen LogP contribution in [0.5, 0.6) is 0 Å². The highest BCUT2D eigenvalue weighted by Gasteiger charge is 2.23. The van der Waals surface area contributed by atoms with Crippen molar-refractivity contribution in [3.8, 4) is 0 Å². The average molecular weight is 223 g/mol. The van der Waals surface area contributed by atoms with Crippen LogP contribution in [0.25, 0.3) is 0 Å². The Hall–Kier alpha value is -1.43. The first-order chi connectivity index (χ1) is 7.77. The maximum atomic E-state index is 12.0. The van der Waals surface area contributed by atoms with Crippen molar-refractivity contribution in [3.05, 3.63) is 12.2 Å². The van der Waals surface area contributed by atoms with Crippen LogP contribution < -0.4 is 5.32 Å². The van der Waals surface area contributed by atoms with Gasteiger partial charge in [-0.25, -0.2) is 4.98 Å². The van der Waals surface area contributed by atoms with Crippen molar-refractivity contribution in [1.82, 2.24) is 25.4 Å². The first-order valence-electron chi connectivity index (χ1n) is 5.60.